The maximum Gasteiger partial charge on any atom is 0.365 e. The highest BCUT2D eigenvalue weighted by molar-refractivity contribution is 6.30. The Morgan fingerprint density at radius 2 is 1.74 bits per heavy atom. The fourth-order valence-electron chi connectivity index (χ4n) is 2.73. The van der Waals surface area contributed by atoms with Crippen LogP contribution in [-0.4, -0.2) is 20.7 Å². The molecular weight excluding hydrogens is 364 g/mol. The van der Waals surface area contributed by atoms with Crippen molar-refractivity contribution in [1.82, 2.24) is 14.8 Å². The summed E-state index contributed by atoms with van der Waals surface area (Å²) in [6, 6.07) is 11.9. The number of aromatic nitrogens is 3. The van der Waals surface area contributed by atoms with Gasteiger partial charge in [0.25, 0.3) is 0 Å². The van der Waals surface area contributed by atoms with Crippen molar-refractivity contribution < 1.29 is 4.79 Å². The molecule has 1 atom stereocenters. The molecule has 1 N–H and O–H groups in total. The molecule has 3 aromatic rings. The van der Waals surface area contributed by atoms with Crippen LogP contribution in [0.5, 0.6) is 0 Å². The molecule has 1 aromatic heterocycles. The quantitative estimate of drug-likeness (QED) is 0.745. The minimum atomic E-state index is -0.803. The van der Waals surface area contributed by atoms with Gasteiger partial charge in [-0.15, -0.1) is 0 Å². The molecule has 0 spiro atoms. The summed E-state index contributed by atoms with van der Waals surface area (Å²) in [4.78, 5) is 29.0. The summed E-state index contributed by atoms with van der Waals surface area (Å²) in [6.45, 7) is 5.45. The lowest BCUT2D eigenvalue weighted by atomic mass is 10.1. The number of aryl methyl sites for hydroxylation is 2. The number of benzene rings is 2. The van der Waals surface area contributed by atoms with Crippen molar-refractivity contribution in [3.05, 3.63) is 75.3 Å². The molecule has 3 rings (SSSR count). The average molecular weight is 383 g/mol. The maximum atomic E-state index is 12.6. The first kappa shape index (κ1) is 18.8. The van der Waals surface area contributed by atoms with Crippen LogP contribution in [0.1, 0.15) is 24.1 Å². The Labute approximate surface area is 161 Å². The van der Waals surface area contributed by atoms with E-state index in [1.165, 1.54) is 6.20 Å². The molecule has 1 heterocycles. The van der Waals surface area contributed by atoms with E-state index in [4.69, 9.17) is 11.6 Å². The number of nitrogens with one attached hydrogen (secondary N) is 1. The van der Waals surface area contributed by atoms with Crippen LogP contribution in [0.25, 0.3) is 11.3 Å². The molecule has 0 aliphatic rings. The summed E-state index contributed by atoms with van der Waals surface area (Å²) in [7, 11) is 0. The standard InChI is InChI=1S/C20H19ClN4O2/c1-12-5-4-6-13(2)18(12)24-19(26)14(3)25-20(27)23-17(11-22-25)15-7-9-16(21)10-8-15/h4-11,14H,1-3H3,(H,24,26)/t14-/m1/s1. The molecule has 6 nitrogen and oxygen atoms in total. The molecule has 0 aliphatic carbocycles. The summed E-state index contributed by atoms with van der Waals surface area (Å²) < 4.78 is 1.07. The van der Waals surface area contributed by atoms with Crippen LogP contribution in [0.4, 0.5) is 5.69 Å². The van der Waals surface area contributed by atoms with Crippen molar-refractivity contribution in [3.8, 4) is 11.3 Å². The largest absolute Gasteiger partial charge is 0.365 e. The fraction of sp³-hybridized carbons (Fsp3) is 0.200. The van der Waals surface area contributed by atoms with Crippen LogP contribution in [0.15, 0.2) is 53.5 Å². The minimum Gasteiger partial charge on any atom is -0.324 e. The summed E-state index contributed by atoms with van der Waals surface area (Å²) in [6.07, 6.45) is 1.47. The number of rotatable bonds is 4. The molecule has 0 saturated carbocycles. The lowest BCUT2D eigenvalue weighted by Crippen LogP contribution is -2.35. The van der Waals surface area contributed by atoms with Gasteiger partial charge in [-0.25, -0.2) is 9.48 Å². The molecule has 27 heavy (non-hydrogen) atoms. The van der Waals surface area contributed by atoms with Gasteiger partial charge in [-0.2, -0.15) is 10.1 Å². The second kappa shape index (κ2) is 7.72. The SMILES string of the molecule is Cc1cccc(C)c1NC(=O)[C@@H](C)n1ncc(-c2ccc(Cl)cc2)nc1=O. The van der Waals surface area contributed by atoms with Gasteiger partial charge in [0.1, 0.15) is 6.04 Å². The van der Waals surface area contributed by atoms with Gasteiger partial charge in [0.15, 0.2) is 0 Å². The van der Waals surface area contributed by atoms with Gasteiger partial charge >= 0.3 is 5.69 Å². The summed E-state index contributed by atoms with van der Waals surface area (Å²) in [5.74, 6) is -0.331. The van der Waals surface area contributed by atoms with Crippen LogP contribution < -0.4 is 11.0 Å². The van der Waals surface area contributed by atoms with Crippen LogP contribution in [0.2, 0.25) is 5.02 Å². The Morgan fingerprint density at radius 3 is 2.33 bits per heavy atom. The molecule has 0 aliphatic heterocycles. The third-order valence-electron chi connectivity index (χ3n) is 4.33. The van der Waals surface area contributed by atoms with Crippen molar-refractivity contribution in [1.29, 1.82) is 0 Å². The van der Waals surface area contributed by atoms with E-state index < -0.39 is 11.7 Å². The Hall–Kier alpha value is -2.99. The van der Waals surface area contributed by atoms with E-state index in [9.17, 15) is 9.59 Å². The van der Waals surface area contributed by atoms with E-state index in [0.717, 1.165) is 27.1 Å². The number of hydrogen-bond donors (Lipinski definition) is 1. The van der Waals surface area contributed by atoms with Gasteiger partial charge in [0.05, 0.1) is 11.9 Å². The second-order valence-electron chi connectivity index (χ2n) is 6.31. The van der Waals surface area contributed by atoms with E-state index >= 15 is 0 Å². The molecule has 2 aromatic carbocycles. The van der Waals surface area contributed by atoms with E-state index in [1.54, 1.807) is 31.2 Å². The highest BCUT2D eigenvalue weighted by atomic mass is 35.5. The van der Waals surface area contributed by atoms with E-state index in [-0.39, 0.29) is 5.91 Å². The lowest BCUT2D eigenvalue weighted by Gasteiger charge is -2.16. The molecule has 0 saturated heterocycles. The number of amides is 1. The van der Waals surface area contributed by atoms with Gasteiger partial charge in [-0.3, -0.25) is 4.79 Å². The summed E-state index contributed by atoms with van der Waals surface area (Å²) in [5, 5.41) is 7.60. The first-order valence-electron chi connectivity index (χ1n) is 8.45. The highest BCUT2D eigenvalue weighted by Gasteiger charge is 2.19. The number of nitrogens with zero attached hydrogens (tertiary/aromatic N) is 3. The highest BCUT2D eigenvalue weighted by Crippen LogP contribution is 2.21. The Morgan fingerprint density at radius 1 is 1.11 bits per heavy atom. The van der Waals surface area contributed by atoms with Crippen molar-refractivity contribution in [2.75, 3.05) is 5.32 Å². The predicted octanol–water partition coefficient (Wildman–Crippen LogP) is 3.78. The van der Waals surface area contributed by atoms with Crippen LogP contribution in [0.3, 0.4) is 0 Å². The molecular formula is C20H19ClN4O2. The third-order valence-corrected chi connectivity index (χ3v) is 4.58. The number of halogens is 1. The van der Waals surface area contributed by atoms with Gasteiger partial charge in [0, 0.05) is 16.3 Å². The second-order valence-corrected chi connectivity index (χ2v) is 6.74. The first-order valence-corrected chi connectivity index (χ1v) is 8.83. The van der Waals surface area contributed by atoms with Crippen LogP contribution >= 0.6 is 11.6 Å². The molecule has 1 amide bonds. The monoisotopic (exact) mass is 382 g/mol. The Bertz CT molecular complexity index is 1020. The normalized spacial score (nSPS) is 11.9. The predicted molar refractivity (Wildman–Crippen MR) is 106 cm³/mol. The first-order chi connectivity index (χ1) is 12.9. The fourth-order valence-corrected chi connectivity index (χ4v) is 2.85. The topological polar surface area (TPSA) is 76.9 Å². The molecule has 7 heteroatoms. The summed E-state index contributed by atoms with van der Waals surface area (Å²) in [5.41, 5.74) is 3.21. The van der Waals surface area contributed by atoms with Crippen LogP contribution in [0, 0.1) is 13.8 Å². The van der Waals surface area contributed by atoms with Crippen LogP contribution in [-0.2, 0) is 4.79 Å². The average Bonchev–Trinajstić information content (AvgIpc) is 2.64. The van der Waals surface area contributed by atoms with Gasteiger partial charge in [-0.1, -0.05) is 41.9 Å². The van der Waals surface area contributed by atoms with E-state index in [2.05, 4.69) is 15.4 Å². The van der Waals surface area contributed by atoms with Gasteiger partial charge in [0.2, 0.25) is 5.91 Å². The minimum absolute atomic E-state index is 0.331. The Kier molecular flexibility index (Phi) is 5.37. The number of hydrogen-bond acceptors (Lipinski definition) is 4. The number of para-hydroxylation sites is 1. The molecule has 0 radical (unpaired) electrons. The molecule has 138 valence electrons. The summed E-state index contributed by atoms with van der Waals surface area (Å²) >= 11 is 5.87. The van der Waals surface area contributed by atoms with Gasteiger partial charge < -0.3 is 5.32 Å². The molecule has 0 bridgehead atoms. The number of anilines is 1. The van der Waals surface area contributed by atoms with Crippen molar-refractivity contribution in [2.24, 2.45) is 0 Å². The van der Waals surface area contributed by atoms with Crippen molar-refractivity contribution in [2.45, 2.75) is 26.8 Å². The third kappa shape index (κ3) is 4.06. The number of carbonyl (C=O) groups is 1. The van der Waals surface area contributed by atoms with E-state index in [0.29, 0.717) is 10.7 Å². The lowest BCUT2D eigenvalue weighted by molar-refractivity contribution is -0.119. The molecule has 0 unspecified atom stereocenters. The molecule has 0 fully saturated rings. The zero-order chi connectivity index (χ0) is 19.6. The number of carbonyl (C=O) groups excluding carboxylic acids is 1. The van der Waals surface area contributed by atoms with Gasteiger partial charge in [-0.05, 0) is 44.0 Å². The Balaban J connectivity index is 1.84. The zero-order valence-electron chi connectivity index (χ0n) is 15.2. The smallest absolute Gasteiger partial charge is 0.324 e. The maximum absolute atomic E-state index is 12.6. The van der Waals surface area contributed by atoms with Crippen molar-refractivity contribution >= 4 is 23.2 Å². The van der Waals surface area contributed by atoms with E-state index in [1.807, 2.05) is 32.0 Å². The zero-order valence-corrected chi connectivity index (χ0v) is 16.0. The van der Waals surface area contributed by atoms with Crippen molar-refractivity contribution in [3.63, 3.8) is 0 Å².